The van der Waals surface area contributed by atoms with Gasteiger partial charge in [-0.2, -0.15) is 0 Å². The normalized spacial score (nSPS) is 17.1. The monoisotopic (exact) mass is 367 g/mol. The van der Waals surface area contributed by atoms with Crippen LogP contribution in [-0.4, -0.2) is 67.8 Å². The van der Waals surface area contributed by atoms with E-state index in [9.17, 15) is 0 Å². The number of thiazole rings is 1. The van der Waals surface area contributed by atoms with Crippen LogP contribution in [0.15, 0.2) is 10.4 Å². The summed E-state index contributed by atoms with van der Waals surface area (Å²) in [7, 11) is 1.82. The molecule has 0 radical (unpaired) electrons. The highest BCUT2D eigenvalue weighted by atomic mass is 32.1. The Balaban J connectivity index is 1.74. The minimum atomic E-state index is 0.0719. The van der Waals surface area contributed by atoms with E-state index in [4.69, 9.17) is 4.74 Å². The summed E-state index contributed by atoms with van der Waals surface area (Å²) < 4.78 is 5.45. The first-order chi connectivity index (χ1) is 11.9. The maximum Gasteiger partial charge on any atom is 0.191 e. The number of aliphatic imine (C=N–C) groups is 1. The molecule has 7 heteroatoms. The number of aromatic nitrogens is 1. The topological polar surface area (TPSA) is 61.8 Å². The van der Waals surface area contributed by atoms with Gasteiger partial charge in [-0.05, 0) is 13.8 Å². The molecule has 0 saturated carbocycles. The maximum absolute atomic E-state index is 5.45. The van der Waals surface area contributed by atoms with Crippen LogP contribution < -0.4 is 10.6 Å². The molecular weight excluding hydrogens is 334 g/mol. The van der Waals surface area contributed by atoms with Crippen LogP contribution in [0.3, 0.4) is 0 Å². The lowest BCUT2D eigenvalue weighted by atomic mass is 10.0. The summed E-state index contributed by atoms with van der Waals surface area (Å²) in [6, 6.07) is 0. The van der Waals surface area contributed by atoms with Crippen molar-refractivity contribution in [1.82, 2.24) is 20.5 Å². The van der Waals surface area contributed by atoms with Crippen molar-refractivity contribution in [1.29, 1.82) is 0 Å². The standard InChI is InChI=1S/C18H33N5OS/c1-14(2)16-22-15(12-25-16)6-7-20-17(19-5)21-13-18(3,4)23-8-10-24-11-9-23/h12,14H,6-11,13H2,1-5H3,(H2,19,20,21). The molecule has 1 fully saturated rings. The van der Waals surface area contributed by atoms with Crippen LogP contribution >= 0.6 is 11.3 Å². The van der Waals surface area contributed by atoms with Crippen molar-refractivity contribution >= 4 is 17.3 Å². The fourth-order valence-electron chi connectivity index (χ4n) is 2.81. The minimum Gasteiger partial charge on any atom is -0.379 e. The summed E-state index contributed by atoms with van der Waals surface area (Å²) in [6.45, 7) is 14.2. The average Bonchev–Trinajstić information content (AvgIpc) is 3.08. The van der Waals surface area contributed by atoms with Crippen molar-refractivity contribution < 1.29 is 4.74 Å². The smallest absolute Gasteiger partial charge is 0.191 e. The molecule has 1 aromatic heterocycles. The highest BCUT2D eigenvalue weighted by Crippen LogP contribution is 2.19. The summed E-state index contributed by atoms with van der Waals surface area (Å²) in [5.74, 6) is 1.35. The van der Waals surface area contributed by atoms with Crippen molar-refractivity contribution in [2.24, 2.45) is 4.99 Å². The van der Waals surface area contributed by atoms with E-state index in [1.165, 1.54) is 5.01 Å². The number of nitrogens with zero attached hydrogens (tertiary/aromatic N) is 3. The van der Waals surface area contributed by atoms with E-state index in [1.807, 2.05) is 7.05 Å². The van der Waals surface area contributed by atoms with Gasteiger partial charge in [0.25, 0.3) is 0 Å². The molecule has 0 spiro atoms. The van der Waals surface area contributed by atoms with Crippen LogP contribution in [0.25, 0.3) is 0 Å². The second-order valence-corrected chi connectivity index (χ2v) is 8.24. The van der Waals surface area contributed by atoms with Gasteiger partial charge in [-0.3, -0.25) is 9.89 Å². The molecule has 0 unspecified atom stereocenters. The Hall–Kier alpha value is -1.18. The van der Waals surface area contributed by atoms with Gasteiger partial charge < -0.3 is 15.4 Å². The van der Waals surface area contributed by atoms with E-state index in [1.54, 1.807) is 11.3 Å². The lowest BCUT2D eigenvalue weighted by molar-refractivity contribution is -0.00833. The van der Waals surface area contributed by atoms with Gasteiger partial charge in [0.1, 0.15) is 0 Å². The largest absolute Gasteiger partial charge is 0.379 e. The van der Waals surface area contributed by atoms with Crippen LogP contribution in [0.4, 0.5) is 0 Å². The fraction of sp³-hybridized carbons (Fsp3) is 0.778. The molecule has 2 heterocycles. The molecule has 0 amide bonds. The van der Waals surface area contributed by atoms with Crippen molar-refractivity contribution in [3.05, 3.63) is 16.1 Å². The zero-order valence-corrected chi connectivity index (χ0v) is 17.1. The number of rotatable bonds is 7. The lowest BCUT2D eigenvalue weighted by Gasteiger charge is -2.41. The molecule has 0 atom stereocenters. The molecule has 2 N–H and O–H groups in total. The molecule has 1 aliphatic heterocycles. The first-order valence-electron chi connectivity index (χ1n) is 9.14. The Bertz CT molecular complexity index is 549. The Morgan fingerprint density at radius 1 is 1.36 bits per heavy atom. The quantitative estimate of drug-likeness (QED) is 0.571. The molecule has 0 aliphatic carbocycles. The number of guanidine groups is 1. The minimum absolute atomic E-state index is 0.0719. The molecule has 0 bridgehead atoms. The lowest BCUT2D eigenvalue weighted by Crippen LogP contribution is -2.56. The third-order valence-corrected chi connectivity index (χ3v) is 5.71. The van der Waals surface area contributed by atoms with E-state index >= 15 is 0 Å². The predicted octanol–water partition coefficient (Wildman–Crippen LogP) is 2.08. The molecule has 2 rings (SSSR count). The van der Waals surface area contributed by atoms with Gasteiger partial charge in [-0.1, -0.05) is 13.8 Å². The van der Waals surface area contributed by atoms with Gasteiger partial charge in [0.2, 0.25) is 0 Å². The summed E-state index contributed by atoms with van der Waals surface area (Å²) in [4.78, 5) is 11.5. The van der Waals surface area contributed by atoms with Gasteiger partial charge >= 0.3 is 0 Å². The number of hydrogen-bond acceptors (Lipinski definition) is 5. The van der Waals surface area contributed by atoms with E-state index in [0.717, 1.165) is 57.5 Å². The molecular formula is C18H33N5OS. The zero-order valence-electron chi connectivity index (χ0n) is 16.3. The number of nitrogens with one attached hydrogen (secondary N) is 2. The van der Waals surface area contributed by atoms with Crippen LogP contribution in [0.5, 0.6) is 0 Å². The highest BCUT2D eigenvalue weighted by Gasteiger charge is 2.28. The summed E-state index contributed by atoms with van der Waals surface area (Å²) in [5, 5.41) is 10.2. The second-order valence-electron chi connectivity index (χ2n) is 7.35. The van der Waals surface area contributed by atoms with E-state index in [2.05, 4.69) is 58.6 Å². The van der Waals surface area contributed by atoms with Gasteiger partial charge in [0.05, 0.1) is 23.9 Å². The van der Waals surface area contributed by atoms with Crippen LogP contribution in [0.1, 0.15) is 44.3 Å². The first-order valence-corrected chi connectivity index (χ1v) is 10.0. The van der Waals surface area contributed by atoms with Gasteiger partial charge in [0.15, 0.2) is 5.96 Å². The molecule has 1 aliphatic rings. The van der Waals surface area contributed by atoms with Crippen molar-refractivity contribution in [3.8, 4) is 0 Å². The average molecular weight is 368 g/mol. The Morgan fingerprint density at radius 2 is 2.08 bits per heavy atom. The summed E-state index contributed by atoms with van der Waals surface area (Å²) >= 11 is 1.75. The van der Waals surface area contributed by atoms with Gasteiger partial charge in [-0.25, -0.2) is 4.98 Å². The third-order valence-electron chi connectivity index (χ3n) is 4.52. The van der Waals surface area contributed by atoms with Crippen molar-refractivity contribution in [2.75, 3.05) is 46.4 Å². The van der Waals surface area contributed by atoms with E-state index in [0.29, 0.717) is 5.92 Å². The number of ether oxygens (including phenoxy) is 1. The predicted molar refractivity (Wildman–Crippen MR) is 106 cm³/mol. The Kier molecular flexibility index (Phi) is 7.65. The van der Waals surface area contributed by atoms with Crippen molar-refractivity contribution in [2.45, 2.75) is 45.6 Å². The first kappa shape index (κ1) is 20.1. The molecule has 142 valence electrons. The van der Waals surface area contributed by atoms with Crippen LogP contribution in [-0.2, 0) is 11.2 Å². The Labute approximate surface area is 156 Å². The third kappa shape index (κ3) is 6.24. The summed E-state index contributed by atoms with van der Waals surface area (Å²) in [6.07, 6.45) is 0.913. The van der Waals surface area contributed by atoms with Crippen LogP contribution in [0.2, 0.25) is 0 Å². The fourth-order valence-corrected chi connectivity index (χ4v) is 3.68. The highest BCUT2D eigenvalue weighted by molar-refractivity contribution is 7.09. The van der Waals surface area contributed by atoms with Crippen molar-refractivity contribution in [3.63, 3.8) is 0 Å². The number of morpholine rings is 1. The van der Waals surface area contributed by atoms with Crippen LogP contribution in [0, 0.1) is 0 Å². The zero-order chi connectivity index (χ0) is 18.3. The van der Waals surface area contributed by atoms with E-state index in [-0.39, 0.29) is 5.54 Å². The SMILES string of the molecule is CN=C(NCCc1csc(C(C)C)n1)NCC(C)(C)N1CCOCC1. The van der Waals surface area contributed by atoms with Gasteiger partial charge in [0, 0.05) is 56.5 Å². The molecule has 1 aromatic rings. The Morgan fingerprint density at radius 3 is 2.68 bits per heavy atom. The number of hydrogen-bond donors (Lipinski definition) is 2. The molecule has 25 heavy (non-hydrogen) atoms. The maximum atomic E-state index is 5.45. The van der Waals surface area contributed by atoms with Gasteiger partial charge in [-0.15, -0.1) is 11.3 Å². The molecule has 6 nitrogen and oxygen atoms in total. The van der Waals surface area contributed by atoms with E-state index < -0.39 is 0 Å². The molecule has 1 saturated heterocycles. The second kappa shape index (κ2) is 9.50. The summed E-state index contributed by atoms with van der Waals surface area (Å²) in [5.41, 5.74) is 1.23. The molecule has 0 aromatic carbocycles.